The predicted molar refractivity (Wildman–Crippen MR) is 48.1 cm³/mol. The molecule has 1 saturated carbocycles. The quantitative estimate of drug-likeness (QED) is 0.379. The van der Waals surface area contributed by atoms with Crippen molar-refractivity contribution in [3.05, 3.63) is 0 Å². The van der Waals surface area contributed by atoms with Crippen molar-refractivity contribution in [3.63, 3.8) is 0 Å². The van der Waals surface area contributed by atoms with E-state index in [4.69, 9.17) is 11.2 Å². The summed E-state index contributed by atoms with van der Waals surface area (Å²) in [6, 6.07) is 0. The van der Waals surface area contributed by atoms with Gasteiger partial charge in [-0.25, -0.2) is 4.79 Å². The van der Waals surface area contributed by atoms with Crippen molar-refractivity contribution >= 4 is 6.16 Å². The van der Waals surface area contributed by atoms with E-state index in [0.717, 1.165) is 25.7 Å². The second-order valence-corrected chi connectivity index (χ2v) is 3.20. The van der Waals surface area contributed by atoms with Gasteiger partial charge in [0.2, 0.25) is 0 Å². The number of rotatable bonds is 4. The van der Waals surface area contributed by atoms with Crippen LogP contribution >= 0.6 is 0 Å². The van der Waals surface area contributed by atoms with Gasteiger partial charge in [-0.1, -0.05) is 0 Å². The van der Waals surface area contributed by atoms with E-state index >= 15 is 0 Å². The average molecular weight is 182 g/mol. The highest BCUT2D eigenvalue weighted by Crippen LogP contribution is 2.38. The second kappa shape index (κ2) is 4.76. The van der Waals surface area contributed by atoms with Crippen molar-refractivity contribution in [1.29, 1.82) is 0 Å². The number of unbranched alkanes of at least 4 members (excludes halogenated alkanes) is 1. The van der Waals surface area contributed by atoms with Crippen LogP contribution < -0.4 is 0 Å². The van der Waals surface area contributed by atoms with Crippen LogP contribution in [0.4, 0.5) is 4.79 Å². The first kappa shape index (κ1) is 9.91. The van der Waals surface area contributed by atoms with Gasteiger partial charge in [0.05, 0.1) is 7.11 Å². The number of hydrogen-bond acceptors (Lipinski definition) is 3. The Hall–Kier alpha value is -1.17. The van der Waals surface area contributed by atoms with Gasteiger partial charge in [-0.15, -0.1) is 12.3 Å². The maximum atomic E-state index is 10.7. The average Bonchev–Trinajstić information content (AvgIpc) is 2.84. The molecular weight excluding hydrogens is 168 g/mol. The lowest BCUT2D eigenvalue weighted by atomic mass is 10.2. The minimum Gasteiger partial charge on any atom is -0.438 e. The zero-order valence-corrected chi connectivity index (χ0v) is 7.79. The summed E-state index contributed by atoms with van der Waals surface area (Å²) in [6.45, 7) is 0. The van der Waals surface area contributed by atoms with Crippen LogP contribution in [0.15, 0.2) is 0 Å². The molecule has 0 spiro atoms. The van der Waals surface area contributed by atoms with E-state index in [9.17, 15) is 4.79 Å². The molecule has 0 aromatic heterocycles. The standard InChI is InChI=1S/C10H14O3/c1-3-4-5-6-8-7-9(8)13-10(11)12-2/h1,8-9H,4-7H2,2H3. The highest BCUT2D eigenvalue weighted by molar-refractivity contribution is 5.60. The SMILES string of the molecule is C#CCCCC1CC1OC(=O)OC. The molecule has 3 heteroatoms. The molecule has 72 valence electrons. The van der Waals surface area contributed by atoms with Gasteiger partial charge in [0.1, 0.15) is 6.10 Å². The van der Waals surface area contributed by atoms with Crippen LogP contribution in [-0.4, -0.2) is 19.4 Å². The molecule has 1 aliphatic rings. The first-order valence-corrected chi connectivity index (χ1v) is 4.46. The lowest BCUT2D eigenvalue weighted by molar-refractivity contribution is 0.0622. The van der Waals surface area contributed by atoms with Crippen molar-refractivity contribution < 1.29 is 14.3 Å². The Labute approximate surface area is 78.4 Å². The Balaban J connectivity index is 2.03. The molecule has 1 fully saturated rings. The smallest absolute Gasteiger partial charge is 0.438 e. The predicted octanol–water partition coefficient (Wildman–Crippen LogP) is 1.96. The van der Waals surface area contributed by atoms with E-state index in [1.54, 1.807) is 0 Å². The zero-order valence-electron chi connectivity index (χ0n) is 7.79. The van der Waals surface area contributed by atoms with Gasteiger partial charge in [0.25, 0.3) is 0 Å². The molecule has 0 aromatic rings. The monoisotopic (exact) mass is 182 g/mol. The maximum absolute atomic E-state index is 10.7. The summed E-state index contributed by atoms with van der Waals surface area (Å²) < 4.78 is 9.32. The van der Waals surface area contributed by atoms with Crippen LogP contribution in [0.3, 0.4) is 0 Å². The largest absolute Gasteiger partial charge is 0.508 e. The van der Waals surface area contributed by atoms with Crippen molar-refractivity contribution in [2.75, 3.05) is 7.11 Å². The number of hydrogen-bond donors (Lipinski definition) is 0. The van der Waals surface area contributed by atoms with Crippen molar-refractivity contribution in [2.24, 2.45) is 5.92 Å². The molecule has 13 heavy (non-hydrogen) atoms. The number of carbonyl (C=O) groups excluding carboxylic acids is 1. The highest BCUT2D eigenvalue weighted by atomic mass is 16.7. The van der Waals surface area contributed by atoms with E-state index < -0.39 is 6.16 Å². The molecule has 1 aliphatic carbocycles. The van der Waals surface area contributed by atoms with Gasteiger partial charge in [0, 0.05) is 6.42 Å². The Morgan fingerprint density at radius 2 is 2.46 bits per heavy atom. The van der Waals surface area contributed by atoms with E-state index in [0.29, 0.717) is 5.92 Å². The summed E-state index contributed by atoms with van der Waals surface area (Å²) in [5.41, 5.74) is 0. The van der Waals surface area contributed by atoms with Crippen LogP contribution in [0.2, 0.25) is 0 Å². The molecule has 1 rings (SSSR count). The third-order valence-electron chi connectivity index (χ3n) is 2.17. The molecule has 0 radical (unpaired) electrons. The van der Waals surface area contributed by atoms with Crippen molar-refractivity contribution in [3.8, 4) is 12.3 Å². The Bertz CT molecular complexity index is 217. The Morgan fingerprint density at radius 1 is 1.69 bits per heavy atom. The second-order valence-electron chi connectivity index (χ2n) is 3.20. The zero-order chi connectivity index (χ0) is 9.68. The summed E-state index contributed by atoms with van der Waals surface area (Å²) in [7, 11) is 1.32. The molecule has 0 N–H and O–H groups in total. The lowest BCUT2D eigenvalue weighted by Gasteiger charge is -2.00. The molecule has 2 atom stereocenters. The summed E-state index contributed by atoms with van der Waals surface area (Å²) in [6.07, 6.45) is 8.44. The number of carbonyl (C=O) groups is 1. The molecule has 0 aromatic carbocycles. The first-order chi connectivity index (χ1) is 6.27. The van der Waals surface area contributed by atoms with Gasteiger partial charge in [-0.3, -0.25) is 0 Å². The maximum Gasteiger partial charge on any atom is 0.508 e. The highest BCUT2D eigenvalue weighted by Gasteiger charge is 2.40. The van der Waals surface area contributed by atoms with Crippen LogP contribution in [0.1, 0.15) is 25.7 Å². The number of methoxy groups -OCH3 is 1. The summed E-state index contributed by atoms with van der Waals surface area (Å²) in [5.74, 6) is 3.09. The lowest BCUT2D eigenvalue weighted by Crippen LogP contribution is -2.07. The van der Waals surface area contributed by atoms with E-state index in [2.05, 4.69) is 10.7 Å². The van der Waals surface area contributed by atoms with Crippen LogP contribution in [0, 0.1) is 18.3 Å². The fraction of sp³-hybridized carbons (Fsp3) is 0.700. The third-order valence-corrected chi connectivity index (χ3v) is 2.17. The van der Waals surface area contributed by atoms with E-state index in [-0.39, 0.29) is 6.10 Å². The van der Waals surface area contributed by atoms with Gasteiger partial charge in [-0.05, 0) is 25.2 Å². The van der Waals surface area contributed by atoms with E-state index in [1.165, 1.54) is 7.11 Å². The van der Waals surface area contributed by atoms with Crippen molar-refractivity contribution in [1.82, 2.24) is 0 Å². The van der Waals surface area contributed by atoms with Crippen LogP contribution in [0.5, 0.6) is 0 Å². The summed E-state index contributed by atoms with van der Waals surface area (Å²) >= 11 is 0. The molecule has 0 heterocycles. The fourth-order valence-corrected chi connectivity index (χ4v) is 1.31. The molecule has 0 aliphatic heterocycles. The molecular formula is C10H14O3. The number of terminal acetylenes is 1. The minimum absolute atomic E-state index is 0.0743. The van der Waals surface area contributed by atoms with Gasteiger partial charge < -0.3 is 9.47 Å². The summed E-state index contributed by atoms with van der Waals surface area (Å²) in [5, 5.41) is 0. The normalized spacial score (nSPS) is 24.6. The van der Waals surface area contributed by atoms with Gasteiger partial charge >= 0.3 is 6.16 Å². The van der Waals surface area contributed by atoms with Gasteiger partial charge in [-0.2, -0.15) is 0 Å². The first-order valence-electron chi connectivity index (χ1n) is 4.46. The molecule has 0 amide bonds. The van der Waals surface area contributed by atoms with Gasteiger partial charge in [0.15, 0.2) is 0 Å². The summed E-state index contributed by atoms with van der Waals surface area (Å²) in [4.78, 5) is 10.7. The van der Waals surface area contributed by atoms with Crippen molar-refractivity contribution in [2.45, 2.75) is 31.8 Å². The molecule has 2 unspecified atom stereocenters. The topological polar surface area (TPSA) is 35.5 Å². The van der Waals surface area contributed by atoms with E-state index in [1.807, 2.05) is 0 Å². The molecule has 0 saturated heterocycles. The third kappa shape index (κ3) is 3.37. The minimum atomic E-state index is -0.579. The fourth-order valence-electron chi connectivity index (χ4n) is 1.31. The Kier molecular flexibility index (Phi) is 3.63. The Morgan fingerprint density at radius 3 is 3.08 bits per heavy atom. The van der Waals surface area contributed by atoms with Crippen LogP contribution in [-0.2, 0) is 9.47 Å². The van der Waals surface area contributed by atoms with Crippen LogP contribution in [0.25, 0.3) is 0 Å². The molecule has 3 nitrogen and oxygen atoms in total. The number of ether oxygens (including phenoxy) is 2. The molecule has 0 bridgehead atoms.